The molecule has 0 spiro atoms. The second-order valence-electron chi connectivity index (χ2n) is 11.9. The lowest BCUT2D eigenvalue weighted by Gasteiger charge is -2.62. The number of carbonyl (C=O) groups excluding carboxylic acids is 2. The smallest absolute Gasteiger partial charge is 0.270 e. The lowest BCUT2D eigenvalue weighted by atomic mass is 9.49. The van der Waals surface area contributed by atoms with Crippen LogP contribution in [0, 0.1) is 11.8 Å². The van der Waals surface area contributed by atoms with Crippen molar-refractivity contribution in [2.24, 2.45) is 11.8 Å². The fourth-order valence-electron chi connectivity index (χ4n) is 7.76. The Morgan fingerprint density at radius 2 is 1.61 bits per heavy atom. The van der Waals surface area contributed by atoms with Crippen LogP contribution >= 0.6 is 0 Å². The number of anilines is 1. The van der Waals surface area contributed by atoms with Crippen molar-refractivity contribution in [2.45, 2.75) is 62.1 Å². The molecule has 2 aromatic heterocycles. The maximum absolute atomic E-state index is 13.5. The highest BCUT2D eigenvalue weighted by Crippen LogP contribution is 2.57. The van der Waals surface area contributed by atoms with Crippen LogP contribution in [0.25, 0.3) is 0 Å². The lowest BCUT2D eigenvalue weighted by molar-refractivity contribution is -0.0449. The fraction of sp³-hybridized carbons (Fsp3) is 0.571. The fourth-order valence-corrected chi connectivity index (χ4v) is 7.76. The molecule has 4 bridgehead atoms. The van der Waals surface area contributed by atoms with Gasteiger partial charge in [-0.15, -0.1) is 0 Å². The minimum absolute atomic E-state index is 0.103. The Labute approximate surface area is 212 Å². The van der Waals surface area contributed by atoms with Crippen molar-refractivity contribution in [3.63, 3.8) is 0 Å². The summed E-state index contributed by atoms with van der Waals surface area (Å²) < 4.78 is 0. The Balaban J connectivity index is 1.18. The molecule has 8 nitrogen and oxygen atoms in total. The highest BCUT2D eigenvalue weighted by Gasteiger charge is 2.59. The van der Waals surface area contributed by atoms with Gasteiger partial charge in [-0.25, -0.2) is 4.98 Å². The maximum Gasteiger partial charge on any atom is 0.270 e. The SMILES string of the molecule is CN(C)C1CCN(c2cccc(C(=O)NC34CC5CC(CC(NC(=O)c6ccccn6)(C5)C3)C4)n2)C1. The zero-order valence-electron chi connectivity index (χ0n) is 21.2. The maximum atomic E-state index is 13.5. The standard InChI is InChI=1S/C28H36N6O2/c1-33(2)21-9-11-34(17-21)24-8-5-7-23(30-24)26(36)32-28-15-19-12-20(16-28)14-27(13-19,18-28)31-25(35)22-6-3-4-10-29-22/h3-8,10,19-21H,9,11-18H2,1-2H3,(H,31,35)(H,32,36). The predicted molar refractivity (Wildman–Crippen MR) is 138 cm³/mol. The average Bonchev–Trinajstić information content (AvgIpc) is 3.34. The largest absolute Gasteiger partial charge is 0.355 e. The number of hydrogen-bond acceptors (Lipinski definition) is 6. The van der Waals surface area contributed by atoms with E-state index in [0.717, 1.165) is 57.4 Å². The van der Waals surface area contributed by atoms with E-state index in [1.165, 1.54) is 6.42 Å². The van der Waals surface area contributed by atoms with Gasteiger partial charge in [0.1, 0.15) is 17.2 Å². The summed E-state index contributed by atoms with van der Waals surface area (Å²) in [5.41, 5.74) is 0.353. The van der Waals surface area contributed by atoms with E-state index in [-0.39, 0.29) is 22.9 Å². The molecule has 0 radical (unpaired) electrons. The van der Waals surface area contributed by atoms with Crippen LogP contribution in [0.1, 0.15) is 65.9 Å². The number of pyridine rings is 2. The lowest BCUT2D eigenvalue weighted by Crippen LogP contribution is -2.70. The van der Waals surface area contributed by atoms with E-state index in [4.69, 9.17) is 4.98 Å². The van der Waals surface area contributed by atoms with E-state index in [1.807, 2.05) is 30.3 Å². The molecule has 4 aliphatic carbocycles. The average molecular weight is 489 g/mol. The molecule has 7 rings (SSSR count). The zero-order chi connectivity index (χ0) is 24.9. The summed E-state index contributed by atoms with van der Waals surface area (Å²) in [6.45, 7) is 1.88. The Bertz CT molecular complexity index is 1140. The van der Waals surface area contributed by atoms with Crippen molar-refractivity contribution in [3.8, 4) is 0 Å². The predicted octanol–water partition coefficient (Wildman–Crippen LogP) is 2.87. The number of nitrogens with one attached hydrogen (secondary N) is 2. The number of hydrogen-bond donors (Lipinski definition) is 2. The number of amides is 2. The molecule has 4 saturated carbocycles. The van der Waals surface area contributed by atoms with Crippen molar-refractivity contribution in [1.82, 2.24) is 25.5 Å². The summed E-state index contributed by atoms with van der Waals surface area (Å²) >= 11 is 0. The summed E-state index contributed by atoms with van der Waals surface area (Å²) in [7, 11) is 4.23. The van der Waals surface area contributed by atoms with Gasteiger partial charge in [-0.3, -0.25) is 14.6 Å². The van der Waals surface area contributed by atoms with Gasteiger partial charge in [0, 0.05) is 36.4 Å². The number of aromatic nitrogens is 2. The first-order valence-electron chi connectivity index (χ1n) is 13.3. The molecule has 3 atom stereocenters. The molecule has 190 valence electrons. The van der Waals surface area contributed by atoms with E-state index in [1.54, 1.807) is 12.3 Å². The van der Waals surface area contributed by atoms with Crippen LogP contribution in [-0.2, 0) is 0 Å². The van der Waals surface area contributed by atoms with Crippen LogP contribution in [0.2, 0.25) is 0 Å². The molecule has 2 N–H and O–H groups in total. The highest BCUT2D eigenvalue weighted by atomic mass is 16.2. The third kappa shape index (κ3) is 4.36. The number of nitrogens with zero attached hydrogens (tertiary/aromatic N) is 4. The minimum atomic E-state index is -0.292. The van der Waals surface area contributed by atoms with Gasteiger partial charge < -0.3 is 20.4 Å². The van der Waals surface area contributed by atoms with Gasteiger partial charge in [0.25, 0.3) is 11.8 Å². The quantitative estimate of drug-likeness (QED) is 0.650. The number of carbonyl (C=O) groups is 2. The topological polar surface area (TPSA) is 90.5 Å². The van der Waals surface area contributed by atoms with E-state index >= 15 is 0 Å². The van der Waals surface area contributed by atoms with Gasteiger partial charge in [0.15, 0.2) is 0 Å². The van der Waals surface area contributed by atoms with Gasteiger partial charge in [0.05, 0.1) is 0 Å². The van der Waals surface area contributed by atoms with Crippen molar-refractivity contribution in [2.75, 3.05) is 32.1 Å². The molecular weight excluding hydrogens is 452 g/mol. The molecule has 36 heavy (non-hydrogen) atoms. The van der Waals surface area contributed by atoms with Gasteiger partial charge >= 0.3 is 0 Å². The Hall–Kier alpha value is -3.00. The van der Waals surface area contributed by atoms with E-state index in [9.17, 15) is 9.59 Å². The van der Waals surface area contributed by atoms with E-state index < -0.39 is 0 Å². The molecular formula is C28H36N6O2. The normalized spacial score (nSPS) is 32.6. The first-order valence-corrected chi connectivity index (χ1v) is 13.3. The van der Waals surface area contributed by atoms with Crippen LogP contribution in [0.5, 0.6) is 0 Å². The van der Waals surface area contributed by atoms with Crippen molar-refractivity contribution in [1.29, 1.82) is 0 Å². The monoisotopic (exact) mass is 488 g/mol. The highest BCUT2D eigenvalue weighted by molar-refractivity contribution is 5.94. The van der Waals surface area contributed by atoms with Crippen molar-refractivity contribution < 1.29 is 9.59 Å². The van der Waals surface area contributed by atoms with Crippen LogP contribution in [-0.4, -0.2) is 71.0 Å². The molecule has 5 aliphatic rings. The van der Waals surface area contributed by atoms with Crippen molar-refractivity contribution >= 4 is 17.6 Å². The summed E-state index contributed by atoms with van der Waals surface area (Å²) in [6.07, 6.45) is 8.64. The summed E-state index contributed by atoms with van der Waals surface area (Å²) in [4.78, 5) is 40.1. The van der Waals surface area contributed by atoms with Gasteiger partial charge in [-0.1, -0.05) is 12.1 Å². The van der Waals surface area contributed by atoms with E-state index in [0.29, 0.717) is 29.3 Å². The molecule has 2 aromatic rings. The second kappa shape index (κ2) is 8.83. The second-order valence-corrected chi connectivity index (χ2v) is 11.9. The third-order valence-corrected chi connectivity index (χ3v) is 8.90. The summed E-state index contributed by atoms with van der Waals surface area (Å²) in [5, 5.41) is 6.79. The Morgan fingerprint density at radius 3 is 2.22 bits per heavy atom. The van der Waals surface area contributed by atoms with Crippen LogP contribution in [0.15, 0.2) is 42.6 Å². The van der Waals surface area contributed by atoms with Gasteiger partial charge in [-0.2, -0.15) is 0 Å². The molecule has 0 aromatic carbocycles. The van der Waals surface area contributed by atoms with Crippen LogP contribution < -0.4 is 15.5 Å². The molecule has 5 fully saturated rings. The molecule has 1 saturated heterocycles. The molecule has 3 heterocycles. The van der Waals surface area contributed by atoms with Gasteiger partial charge in [0.2, 0.25) is 0 Å². The molecule has 3 unspecified atom stereocenters. The van der Waals surface area contributed by atoms with E-state index in [2.05, 4.69) is 39.5 Å². The Morgan fingerprint density at radius 1 is 0.944 bits per heavy atom. The number of likely N-dealkylation sites (N-methyl/N-ethyl adjacent to an activating group) is 1. The summed E-state index contributed by atoms with van der Waals surface area (Å²) in [5.74, 6) is 1.69. The van der Waals surface area contributed by atoms with Crippen LogP contribution in [0.4, 0.5) is 5.82 Å². The molecule has 2 amide bonds. The Kier molecular flexibility index (Phi) is 5.74. The first-order chi connectivity index (χ1) is 17.3. The molecule has 8 heteroatoms. The number of rotatable bonds is 6. The zero-order valence-corrected chi connectivity index (χ0v) is 21.2. The minimum Gasteiger partial charge on any atom is -0.355 e. The third-order valence-electron chi connectivity index (χ3n) is 8.90. The van der Waals surface area contributed by atoms with Crippen LogP contribution in [0.3, 0.4) is 0 Å². The van der Waals surface area contributed by atoms with Crippen molar-refractivity contribution in [3.05, 3.63) is 54.0 Å². The summed E-state index contributed by atoms with van der Waals surface area (Å²) in [6, 6.07) is 11.7. The van der Waals surface area contributed by atoms with Gasteiger partial charge in [-0.05, 0) is 95.1 Å². The molecule has 1 aliphatic heterocycles. The first kappa shape index (κ1) is 23.4.